The molecule has 3 rings (SSSR count). The molecule has 8 heteroatoms. The van der Waals surface area contributed by atoms with Crippen molar-refractivity contribution in [3.05, 3.63) is 10.8 Å². The number of amides is 1. The maximum atomic E-state index is 12.2. The molecule has 1 aliphatic heterocycles. The van der Waals surface area contributed by atoms with E-state index in [0.717, 1.165) is 35.2 Å². The van der Waals surface area contributed by atoms with Gasteiger partial charge < -0.3 is 10.0 Å². The highest BCUT2D eigenvalue weighted by molar-refractivity contribution is 7.16. The molecule has 0 spiro atoms. The van der Waals surface area contributed by atoms with E-state index in [1.165, 1.54) is 11.3 Å². The van der Waals surface area contributed by atoms with Crippen molar-refractivity contribution in [1.82, 2.24) is 24.7 Å². The lowest BCUT2D eigenvalue weighted by atomic mass is 9.99. The summed E-state index contributed by atoms with van der Waals surface area (Å²) in [5, 5.41) is 22.5. The van der Waals surface area contributed by atoms with E-state index in [-0.39, 0.29) is 18.4 Å². The van der Waals surface area contributed by atoms with Crippen LogP contribution < -0.4 is 0 Å². The van der Waals surface area contributed by atoms with E-state index in [0.29, 0.717) is 19.4 Å². The van der Waals surface area contributed by atoms with Crippen LogP contribution in [0, 0.1) is 12.8 Å². The zero-order chi connectivity index (χ0) is 14.8. The van der Waals surface area contributed by atoms with E-state index in [4.69, 9.17) is 0 Å². The summed E-state index contributed by atoms with van der Waals surface area (Å²) >= 11 is 1.48. The topological polar surface area (TPSA) is 83.6 Å². The second-order valence-electron chi connectivity index (χ2n) is 5.47. The van der Waals surface area contributed by atoms with Gasteiger partial charge in [-0.15, -0.1) is 10.2 Å². The summed E-state index contributed by atoms with van der Waals surface area (Å²) in [6.07, 6.45) is 3.08. The van der Waals surface area contributed by atoms with Gasteiger partial charge in [0.15, 0.2) is 5.82 Å². The Morgan fingerprint density at radius 3 is 3.10 bits per heavy atom. The highest BCUT2D eigenvalue weighted by Gasteiger charge is 2.23. The van der Waals surface area contributed by atoms with E-state index >= 15 is 0 Å². The summed E-state index contributed by atoms with van der Waals surface area (Å²) in [5.74, 6) is 1.15. The van der Waals surface area contributed by atoms with Crippen LogP contribution in [0.3, 0.4) is 0 Å². The molecule has 1 unspecified atom stereocenters. The van der Waals surface area contributed by atoms with Gasteiger partial charge in [0, 0.05) is 32.5 Å². The van der Waals surface area contributed by atoms with Crippen LogP contribution in [0.15, 0.2) is 0 Å². The van der Waals surface area contributed by atoms with Crippen LogP contribution in [0.25, 0.3) is 4.96 Å². The zero-order valence-electron chi connectivity index (χ0n) is 12.0. The number of aryl methyl sites for hydroxylation is 2. The number of fused-ring (bicyclic) bond motifs is 1. The van der Waals surface area contributed by atoms with E-state index in [2.05, 4.69) is 15.3 Å². The third-order valence-corrected chi connectivity index (χ3v) is 4.83. The summed E-state index contributed by atoms with van der Waals surface area (Å²) in [7, 11) is 0. The van der Waals surface area contributed by atoms with Gasteiger partial charge in [0.1, 0.15) is 5.01 Å². The molecule has 1 fully saturated rings. The van der Waals surface area contributed by atoms with Crippen molar-refractivity contribution in [3.63, 3.8) is 0 Å². The molecule has 114 valence electrons. The van der Waals surface area contributed by atoms with E-state index in [9.17, 15) is 9.90 Å². The number of carbonyl (C=O) groups excluding carboxylic acids is 1. The van der Waals surface area contributed by atoms with Gasteiger partial charge in [0.2, 0.25) is 10.9 Å². The highest BCUT2D eigenvalue weighted by atomic mass is 32.1. The Bertz CT molecular complexity index is 638. The average Bonchev–Trinajstić information content (AvgIpc) is 3.07. The van der Waals surface area contributed by atoms with Gasteiger partial charge in [0.05, 0.1) is 0 Å². The minimum Gasteiger partial charge on any atom is -0.396 e. The molecule has 7 nitrogen and oxygen atoms in total. The van der Waals surface area contributed by atoms with Crippen LogP contribution in [-0.2, 0) is 11.2 Å². The predicted molar refractivity (Wildman–Crippen MR) is 78.1 cm³/mol. The number of piperidine rings is 1. The van der Waals surface area contributed by atoms with Crippen LogP contribution in [0.4, 0.5) is 0 Å². The van der Waals surface area contributed by atoms with Crippen molar-refractivity contribution in [2.24, 2.45) is 5.92 Å². The fourth-order valence-corrected chi connectivity index (χ4v) is 3.55. The van der Waals surface area contributed by atoms with Crippen molar-refractivity contribution >= 4 is 22.2 Å². The van der Waals surface area contributed by atoms with Crippen LogP contribution >= 0.6 is 11.3 Å². The first-order chi connectivity index (χ1) is 10.2. The van der Waals surface area contributed by atoms with Crippen LogP contribution in [0.1, 0.15) is 30.1 Å². The summed E-state index contributed by atoms with van der Waals surface area (Å²) in [5.41, 5.74) is 0. The molecule has 0 saturated carbocycles. The molecule has 1 atom stereocenters. The van der Waals surface area contributed by atoms with Crippen LogP contribution in [0.5, 0.6) is 0 Å². The molecule has 1 aliphatic rings. The van der Waals surface area contributed by atoms with Gasteiger partial charge in [-0.1, -0.05) is 11.3 Å². The monoisotopic (exact) mass is 309 g/mol. The van der Waals surface area contributed by atoms with Gasteiger partial charge in [-0.2, -0.15) is 9.61 Å². The molecule has 0 aromatic carbocycles. The van der Waals surface area contributed by atoms with Crippen molar-refractivity contribution in [2.45, 2.75) is 32.6 Å². The van der Waals surface area contributed by atoms with E-state index in [1.807, 2.05) is 11.8 Å². The Balaban J connectivity index is 1.57. The third kappa shape index (κ3) is 3.06. The Kier molecular flexibility index (Phi) is 4.16. The first kappa shape index (κ1) is 14.4. The van der Waals surface area contributed by atoms with Gasteiger partial charge in [-0.25, -0.2) is 0 Å². The number of carbonyl (C=O) groups is 1. The number of nitrogens with zero attached hydrogens (tertiary/aromatic N) is 5. The van der Waals surface area contributed by atoms with Gasteiger partial charge in [0.25, 0.3) is 0 Å². The fourth-order valence-electron chi connectivity index (χ4n) is 2.67. The molecule has 2 aromatic rings. The number of hydrogen-bond acceptors (Lipinski definition) is 6. The van der Waals surface area contributed by atoms with Gasteiger partial charge in [-0.3, -0.25) is 4.79 Å². The molecule has 2 aromatic heterocycles. The molecule has 0 radical (unpaired) electrons. The Hall–Kier alpha value is -1.54. The maximum Gasteiger partial charge on any atom is 0.234 e. The van der Waals surface area contributed by atoms with Crippen molar-refractivity contribution in [1.29, 1.82) is 0 Å². The number of rotatable bonds is 4. The van der Waals surface area contributed by atoms with Crippen molar-refractivity contribution < 1.29 is 9.90 Å². The summed E-state index contributed by atoms with van der Waals surface area (Å²) in [6, 6.07) is 0. The standard InChI is InChI=1S/C13H19N5O2S/c1-9-14-15-13-18(9)16-11(21-13)4-5-12(20)17-6-2-3-10(7-17)8-19/h10,19H,2-8H2,1H3. The summed E-state index contributed by atoms with van der Waals surface area (Å²) in [6.45, 7) is 3.51. The Morgan fingerprint density at radius 2 is 2.33 bits per heavy atom. The minimum absolute atomic E-state index is 0.149. The molecule has 0 aliphatic carbocycles. The quantitative estimate of drug-likeness (QED) is 0.897. The fraction of sp³-hybridized carbons (Fsp3) is 0.692. The molecule has 1 saturated heterocycles. The molecule has 1 amide bonds. The predicted octanol–water partition coefficient (Wildman–Crippen LogP) is 0.658. The SMILES string of the molecule is Cc1nnc2sc(CCC(=O)N3CCCC(CO)C3)nn12. The number of likely N-dealkylation sites (tertiary alicyclic amines) is 1. The van der Waals surface area contributed by atoms with Crippen molar-refractivity contribution in [3.8, 4) is 0 Å². The maximum absolute atomic E-state index is 12.2. The van der Waals surface area contributed by atoms with Gasteiger partial charge >= 0.3 is 0 Å². The van der Waals surface area contributed by atoms with E-state index < -0.39 is 0 Å². The Morgan fingerprint density at radius 1 is 1.48 bits per heavy atom. The van der Waals surface area contributed by atoms with Crippen molar-refractivity contribution in [2.75, 3.05) is 19.7 Å². The lowest BCUT2D eigenvalue weighted by molar-refractivity contribution is -0.133. The lowest BCUT2D eigenvalue weighted by Crippen LogP contribution is -2.41. The number of aliphatic hydroxyl groups is 1. The average molecular weight is 309 g/mol. The molecule has 1 N–H and O–H groups in total. The largest absolute Gasteiger partial charge is 0.396 e. The number of hydrogen-bond donors (Lipinski definition) is 1. The molecule has 3 heterocycles. The molecular formula is C13H19N5O2S. The molecular weight excluding hydrogens is 290 g/mol. The first-order valence-electron chi connectivity index (χ1n) is 7.23. The van der Waals surface area contributed by atoms with Crippen LogP contribution in [-0.4, -0.2) is 55.4 Å². The minimum atomic E-state index is 0.149. The second-order valence-corrected chi connectivity index (χ2v) is 6.51. The third-order valence-electron chi connectivity index (χ3n) is 3.87. The Labute approximate surface area is 126 Å². The molecule has 0 bridgehead atoms. The first-order valence-corrected chi connectivity index (χ1v) is 8.05. The zero-order valence-corrected chi connectivity index (χ0v) is 12.8. The van der Waals surface area contributed by atoms with Gasteiger partial charge in [-0.05, 0) is 25.7 Å². The van der Waals surface area contributed by atoms with E-state index in [1.54, 1.807) is 4.52 Å². The molecule has 21 heavy (non-hydrogen) atoms. The summed E-state index contributed by atoms with van der Waals surface area (Å²) < 4.78 is 1.72. The smallest absolute Gasteiger partial charge is 0.234 e. The lowest BCUT2D eigenvalue weighted by Gasteiger charge is -2.31. The highest BCUT2D eigenvalue weighted by Crippen LogP contribution is 2.19. The normalized spacial score (nSPS) is 19.3. The second kappa shape index (κ2) is 6.07. The summed E-state index contributed by atoms with van der Waals surface area (Å²) in [4.78, 5) is 14.9. The van der Waals surface area contributed by atoms with Crippen LogP contribution in [0.2, 0.25) is 0 Å². The number of aliphatic hydroxyl groups excluding tert-OH is 1. The number of aromatic nitrogens is 4.